The number of carbonyl (C=O) groups is 1. The molecular weight excluding hydrogens is 350 g/mol. The highest BCUT2D eigenvalue weighted by atomic mass is 16.2. The van der Waals surface area contributed by atoms with Crippen LogP contribution in [0.25, 0.3) is 11.4 Å². The lowest BCUT2D eigenvalue weighted by Crippen LogP contribution is -2.37. The average molecular weight is 373 g/mol. The number of aryl methyl sites for hydroxylation is 1. The molecule has 6 nitrogen and oxygen atoms in total. The van der Waals surface area contributed by atoms with Crippen molar-refractivity contribution in [1.29, 1.82) is 0 Å². The van der Waals surface area contributed by atoms with Crippen LogP contribution in [0.3, 0.4) is 0 Å². The molecule has 2 aromatic heterocycles. The minimum atomic E-state index is 0.0548. The predicted octanol–water partition coefficient (Wildman–Crippen LogP) is 3.11. The summed E-state index contributed by atoms with van der Waals surface area (Å²) in [7, 11) is 3.98. The van der Waals surface area contributed by atoms with E-state index in [1.165, 1.54) is 0 Å². The van der Waals surface area contributed by atoms with E-state index in [9.17, 15) is 4.79 Å². The maximum Gasteiger partial charge on any atom is 0.254 e. The number of carbonyl (C=O) groups excluding carboxylic acids is 1. The zero-order chi connectivity index (χ0) is 19.7. The van der Waals surface area contributed by atoms with Crippen molar-refractivity contribution in [2.75, 3.05) is 25.5 Å². The number of hydrogen-bond acceptors (Lipinski definition) is 5. The highest BCUT2D eigenvalue weighted by Gasteiger charge is 2.27. The maximum absolute atomic E-state index is 13.1. The lowest BCUT2D eigenvalue weighted by atomic mass is 10.0. The van der Waals surface area contributed by atoms with Crippen molar-refractivity contribution in [2.24, 2.45) is 0 Å². The predicted molar refractivity (Wildman–Crippen MR) is 109 cm³/mol. The van der Waals surface area contributed by atoms with Crippen LogP contribution >= 0.6 is 0 Å². The fraction of sp³-hybridized carbons (Fsp3) is 0.273. The van der Waals surface area contributed by atoms with Gasteiger partial charge in [-0.2, -0.15) is 0 Å². The molecule has 3 aromatic rings. The van der Waals surface area contributed by atoms with Gasteiger partial charge < -0.3 is 9.80 Å². The van der Waals surface area contributed by atoms with Gasteiger partial charge >= 0.3 is 0 Å². The number of hydrogen-bond donors (Lipinski definition) is 0. The summed E-state index contributed by atoms with van der Waals surface area (Å²) in [5.74, 6) is 1.63. The lowest BCUT2D eigenvalue weighted by molar-refractivity contribution is 0.0731. The molecule has 4 rings (SSSR count). The topological polar surface area (TPSA) is 62.2 Å². The lowest BCUT2D eigenvalue weighted by Gasteiger charge is -2.31. The van der Waals surface area contributed by atoms with Gasteiger partial charge in [-0.05, 0) is 37.1 Å². The molecule has 6 heteroatoms. The number of benzene rings is 1. The molecule has 28 heavy (non-hydrogen) atoms. The van der Waals surface area contributed by atoms with Crippen molar-refractivity contribution in [3.8, 4) is 11.4 Å². The Morgan fingerprint density at radius 2 is 1.82 bits per heavy atom. The second kappa shape index (κ2) is 7.38. The summed E-state index contributed by atoms with van der Waals surface area (Å²) in [6, 6.07) is 11.5. The number of pyridine rings is 1. The van der Waals surface area contributed by atoms with Crippen LogP contribution in [0.1, 0.15) is 27.2 Å². The summed E-state index contributed by atoms with van der Waals surface area (Å²) in [5, 5.41) is 0. The molecule has 0 radical (unpaired) electrons. The molecule has 0 bridgehead atoms. The van der Waals surface area contributed by atoms with Gasteiger partial charge in [-0.1, -0.05) is 18.2 Å². The van der Waals surface area contributed by atoms with Crippen molar-refractivity contribution in [3.05, 3.63) is 71.2 Å². The summed E-state index contributed by atoms with van der Waals surface area (Å²) in [6.45, 7) is 3.13. The third kappa shape index (κ3) is 3.33. The minimum Gasteiger partial charge on any atom is -0.362 e. The second-order valence-electron chi connectivity index (χ2n) is 7.22. The zero-order valence-electron chi connectivity index (χ0n) is 16.4. The molecule has 1 amide bonds. The molecule has 3 heterocycles. The number of fused-ring (bicyclic) bond motifs is 1. The SMILES string of the molecule is Cc1ccccc1C(=O)N1CCc2c(nc(-c3ccncc3)nc2N(C)C)C1. The first-order valence-corrected chi connectivity index (χ1v) is 9.37. The van der Waals surface area contributed by atoms with E-state index < -0.39 is 0 Å². The van der Waals surface area contributed by atoms with E-state index in [2.05, 4.69) is 4.98 Å². The zero-order valence-corrected chi connectivity index (χ0v) is 16.4. The van der Waals surface area contributed by atoms with Crippen LogP contribution in [0, 0.1) is 6.92 Å². The van der Waals surface area contributed by atoms with Crippen LogP contribution < -0.4 is 4.90 Å². The summed E-state index contributed by atoms with van der Waals surface area (Å²) >= 11 is 0. The number of amides is 1. The Kier molecular flexibility index (Phi) is 4.77. The summed E-state index contributed by atoms with van der Waals surface area (Å²) in [6.07, 6.45) is 4.22. The van der Waals surface area contributed by atoms with E-state index in [0.29, 0.717) is 18.9 Å². The van der Waals surface area contributed by atoms with E-state index in [0.717, 1.165) is 40.2 Å². The Morgan fingerprint density at radius 1 is 1.07 bits per heavy atom. The van der Waals surface area contributed by atoms with Crippen LogP contribution in [-0.2, 0) is 13.0 Å². The smallest absolute Gasteiger partial charge is 0.254 e. The van der Waals surface area contributed by atoms with Gasteiger partial charge in [-0.15, -0.1) is 0 Å². The quantitative estimate of drug-likeness (QED) is 0.706. The molecule has 0 unspecified atom stereocenters. The molecule has 0 spiro atoms. The molecule has 0 fully saturated rings. The fourth-order valence-corrected chi connectivity index (χ4v) is 3.57. The standard InChI is InChI=1S/C22H23N5O/c1-15-6-4-5-7-17(15)22(28)27-13-10-18-19(14-27)24-20(25-21(18)26(2)3)16-8-11-23-12-9-16/h4-9,11-12H,10,13-14H2,1-3H3. The number of anilines is 1. The maximum atomic E-state index is 13.1. The van der Waals surface area contributed by atoms with Gasteiger partial charge in [0, 0.05) is 49.7 Å². The monoisotopic (exact) mass is 373 g/mol. The Balaban J connectivity index is 1.72. The van der Waals surface area contributed by atoms with Gasteiger partial charge in [-0.3, -0.25) is 9.78 Å². The molecule has 0 N–H and O–H groups in total. The van der Waals surface area contributed by atoms with Crippen LogP contribution in [0.4, 0.5) is 5.82 Å². The number of nitrogens with zero attached hydrogens (tertiary/aromatic N) is 5. The van der Waals surface area contributed by atoms with Crippen molar-refractivity contribution in [3.63, 3.8) is 0 Å². The molecule has 0 saturated carbocycles. The second-order valence-corrected chi connectivity index (χ2v) is 7.22. The Morgan fingerprint density at radius 3 is 2.54 bits per heavy atom. The Labute approximate surface area is 164 Å². The van der Waals surface area contributed by atoms with Crippen LogP contribution in [0.5, 0.6) is 0 Å². The first-order valence-electron chi connectivity index (χ1n) is 9.37. The average Bonchev–Trinajstić information content (AvgIpc) is 2.73. The van der Waals surface area contributed by atoms with Crippen LogP contribution in [0.15, 0.2) is 48.8 Å². The van der Waals surface area contributed by atoms with Crippen molar-refractivity contribution >= 4 is 11.7 Å². The molecule has 1 aromatic carbocycles. The van der Waals surface area contributed by atoms with E-state index in [-0.39, 0.29) is 5.91 Å². The van der Waals surface area contributed by atoms with Crippen molar-refractivity contribution in [2.45, 2.75) is 19.9 Å². The highest BCUT2D eigenvalue weighted by molar-refractivity contribution is 5.95. The molecule has 1 aliphatic rings. The van der Waals surface area contributed by atoms with Gasteiger partial charge in [0.1, 0.15) is 5.82 Å². The molecule has 1 aliphatic heterocycles. The third-order valence-corrected chi connectivity index (χ3v) is 5.07. The normalized spacial score (nSPS) is 13.2. The summed E-state index contributed by atoms with van der Waals surface area (Å²) in [4.78, 5) is 30.6. The van der Waals surface area contributed by atoms with Gasteiger partial charge in [0.05, 0.1) is 12.2 Å². The van der Waals surface area contributed by atoms with E-state index >= 15 is 0 Å². The molecule has 0 saturated heterocycles. The van der Waals surface area contributed by atoms with Crippen molar-refractivity contribution in [1.82, 2.24) is 19.9 Å². The largest absolute Gasteiger partial charge is 0.362 e. The van der Waals surface area contributed by atoms with E-state index in [1.807, 2.05) is 67.2 Å². The first kappa shape index (κ1) is 18.1. The van der Waals surface area contributed by atoms with Gasteiger partial charge in [0.25, 0.3) is 5.91 Å². The summed E-state index contributed by atoms with van der Waals surface area (Å²) < 4.78 is 0. The number of aromatic nitrogens is 3. The number of rotatable bonds is 3. The minimum absolute atomic E-state index is 0.0548. The van der Waals surface area contributed by atoms with E-state index in [1.54, 1.807) is 12.4 Å². The van der Waals surface area contributed by atoms with Crippen LogP contribution in [0.2, 0.25) is 0 Å². The molecular formula is C22H23N5O. The van der Waals surface area contributed by atoms with Gasteiger partial charge in [0.2, 0.25) is 0 Å². The van der Waals surface area contributed by atoms with Gasteiger partial charge in [0.15, 0.2) is 5.82 Å². The highest BCUT2D eigenvalue weighted by Crippen LogP contribution is 2.29. The Hall–Kier alpha value is -3.28. The Bertz CT molecular complexity index is 1020. The van der Waals surface area contributed by atoms with Crippen molar-refractivity contribution < 1.29 is 4.79 Å². The van der Waals surface area contributed by atoms with Gasteiger partial charge in [-0.25, -0.2) is 9.97 Å². The molecule has 0 aliphatic carbocycles. The van der Waals surface area contributed by atoms with E-state index in [4.69, 9.17) is 9.97 Å². The third-order valence-electron chi connectivity index (χ3n) is 5.07. The first-order chi connectivity index (χ1) is 13.5. The van der Waals surface area contributed by atoms with Crippen LogP contribution in [-0.4, -0.2) is 46.4 Å². The molecule has 142 valence electrons. The summed E-state index contributed by atoms with van der Waals surface area (Å²) in [5.41, 5.74) is 4.70. The fourth-order valence-electron chi connectivity index (χ4n) is 3.57. The molecule has 0 atom stereocenters.